The van der Waals surface area contributed by atoms with E-state index in [1.54, 1.807) is 6.07 Å². The molecule has 0 N–H and O–H groups in total. The SMILES string of the molecule is Fc1cc2cc(CBr)c(Cl)cc2s1. The summed E-state index contributed by atoms with van der Waals surface area (Å²) < 4.78 is 13.7. The zero-order chi connectivity index (χ0) is 9.42. The molecule has 0 spiro atoms. The Morgan fingerprint density at radius 3 is 2.85 bits per heavy atom. The zero-order valence-electron chi connectivity index (χ0n) is 6.48. The van der Waals surface area contributed by atoms with Gasteiger partial charge in [0.25, 0.3) is 0 Å². The van der Waals surface area contributed by atoms with Crippen LogP contribution in [0.2, 0.25) is 5.02 Å². The molecule has 0 fully saturated rings. The Morgan fingerprint density at radius 1 is 1.38 bits per heavy atom. The molecule has 0 aliphatic heterocycles. The number of thiophene rings is 1. The second kappa shape index (κ2) is 3.56. The quantitative estimate of drug-likeness (QED) is 0.670. The predicted molar refractivity (Wildman–Crippen MR) is 59.4 cm³/mol. The van der Waals surface area contributed by atoms with Crippen molar-refractivity contribution in [3.63, 3.8) is 0 Å². The lowest BCUT2D eigenvalue weighted by Gasteiger charge is -1.98. The molecule has 1 aromatic carbocycles. The number of alkyl halides is 1. The van der Waals surface area contributed by atoms with Gasteiger partial charge in [0.1, 0.15) is 0 Å². The summed E-state index contributed by atoms with van der Waals surface area (Å²) in [5, 5.41) is 2.13. The van der Waals surface area contributed by atoms with Crippen molar-refractivity contribution in [2.24, 2.45) is 0 Å². The average molecular weight is 280 g/mol. The second-order valence-electron chi connectivity index (χ2n) is 2.67. The van der Waals surface area contributed by atoms with Gasteiger partial charge < -0.3 is 0 Å². The van der Waals surface area contributed by atoms with E-state index in [0.717, 1.165) is 27.0 Å². The lowest BCUT2D eigenvalue weighted by atomic mass is 10.2. The predicted octanol–water partition coefficient (Wildman–Crippen LogP) is 4.59. The van der Waals surface area contributed by atoms with Crippen LogP contribution in [0.1, 0.15) is 5.56 Å². The summed E-state index contributed by atoms with van der Waals surface area (Å²) >= 11 is 10.4. The molecule has 0 unspecified atom stereocenters. The van der Waals surface area contributed by atoms with Crippen LogP contribution < -0.4 is 0 Å². The van der Waals surface area contributed by atoms with E-state index in [4.69, 9.17) is 11.6 Å². The highest BCUT2D eigenvalue weighted by Crippen LogP contribution is 2.30. The minimum Gasteiger partial charge on any atom is -0.195 e. The molecular weight excluding hydrogens is 275 g/mol. The Morgan fingerprint density at radius 2 is 2.15 bits per heavy atom. The van der Waals surface area contributed by atoms with Crippen LogP contribution >= 0.6 is 38.9 Å². The first kappa shape index (κ1) is 9.44. The molecule has 68 valence electrons. The maximum Gasteiger partial charge on any atom is 0.177 e. The molecule has 0 amide bonds. The summed E-state index contributed by atoms with van der Waals surface area (Å²) in [6.07, 6.45) is 0. The van der Waals surface area contributed by atoms with Crippen LogP contribution in [0.15, 0.2) is 18.2 Å². The molecular formula is C9H5BrClFS. The molecule has 0 radical (unpaired) electrons. The fourth-order valence-electron chi connectivity index (χ4n) is 1.18. The van der Waals surface area contributed by atoms with Crippen LogP contribution in [-0.2, 0) is 5.33 Å². The van der Waals surface area contributed by atoms with E-state index in [-0.39, 0.29) is 5.13 Å². The van der Waals surface area contributed by atoms with Crippen LogP contribution in [0.3, 0.4) is 0 Å². The van der Waals surface area contributed by atoms with Crippen molar-refractivity contribution in [1.82, 2.24) is 0 Å². The molecule has 1 heterocycles. The van der Waals surface area contributed by atoms with Gasteiger partial charge in [-0.1, -0.05) is 27.5 Å². The van der Waals surface area contributed by atoms with E-state index in [2.05, 4.69) is 15.9 Å². The standard InChI is InChI=1S/C9H5BrClFS/c10-4-6-1-5-2-9(12)13-8(5)3-7(6)11/h1-3H,4H2. The number of rotatable bonds is 1. The minimum atomic E-state index is -0.169. The highest BCUT2D eigenvalue weighted by Gasteiger charge is 2.05. The Bertz CT molecular complexity index is 452. The molecule has 0 saturated carbocycles. The van der Waals surface area contributed by atoms with Crippen LogP contribution in [0.25, 0.3) is 10.1 Å². The molecule has 0 aliphatic carbocycles. The molecule has 0 nitrogen and oxygen atoms in total. The molecule has 1 aromatic heterocycles. The lowest BCUT2D eigenvalue weighted by Crippen LogP contribution is -1.77. The first-order valence-corrected chi connectivity index (χ1v) is 5.96. The fraction of sp³-hybridized carbons (Fsp3) is 0.111. The van der Waals surface area contributed by atoms with Crippen molar-refractivity contribution in [1.29, 1.82) is 0 Å². The monoisotopic (exact) mass is 278 g/mol. The van der Waals surface area contributed by atoms with Crippen LogP contribution in [0, 0.1) is 5.13 Å². The molecule has 13 heavy (non-hydrogen) atoms. The molecule has 2 aromatic rings. The van der Waals surface area contributed by atoms with Crippen molar-refractivity contribution >= 4 is 49.0 Å². The highest BCUT2D eigenvalue weighted by molar-refractivity contribution is 9.08. The van der Waals surface area contributed by atoms with Gasteiger partial charge in [-0.3, -0.25) is 0 Å². The highest BCUT2D eigenvalue weighted by atomic mass is 79.9. The van der Waals surface area contributed by atoms with Crippen LogP contribution in [0.4, 0.5) is 4.39 Å². The number of hydrogen-bond acceptors (Lipinski definition) is 1. The molecule has 0 bridgehead atoms. The summed E-state index contributed by atoms with van der Waals surface area (Å²) in [5.41, 5.74) is 0.993. The third kappa shape index (κ3) is 1.73. The molecule has 2 rings (SSSR count). The summed E-state index contributed by atoms with van der Waals surface area (Å²) in [7, 11) is 0. The van der Waals surface area contributed by atoms with Gasteiger partial charge in [0.2, 0.25) is 0 Å². The van der Waals surface area contributed by atoms with Gasteiger partial charge in [-0.05, 0) is 29.1 Å². The first-order chi connectivity index (χ1) is 6.20. The lowest BCUT2D eigenvalue weighted by molar-refractivity contribution is 0.658. The maximum atomic E-state index is 12.9. The fourth-order valence-corrected chi connectivity index (χ4v) is 2.91. The Balaban J connectivity index is 2.72. The van der Waals surface area contributed by atoms with Gasteiger partial charge in [-0.2, -0.15) is 4.39 Å². The summed E-state index contributed by atoms with van der Waals surface area (Å²) in [4.78, 5) is 0. The summed E-state index contributed by atoms with van der Waals surface area (Å²) in [6.45, 7) is 0. The van der Waals surface area contributed by atoms with E-state index >= 15 is 0 Å². The molecule has 0 atom stereocenters. The number of fused-ring (bicyclic) bond motifs is 1. The van der Waals surface area contributed by atoms with Gasteiger partial charge >= 0.3 is 0 Å². The molecule has 4 heteroatoms. The third-order valence-electron chi connectivity index (χ3n) is 1.80. The maximum absolute atomic E-state index is 12.9. The largest absolute Gasteiger partial charge is 0.195 e. The van der Waals surface area contributed by atoms with Gasteiger partial charge in [-0.15, -0.1) is 11.3 Å². The third-order valence-corrected chi connectivity index (χ3v) is 3.64. The normalized spacial score (nSPS) is 11.0. The Hall–Kier alpha value is -0.120. The smallest absolute Gasteiger partial charge is 0.177 e. The number of benzene rings is 1. The van der Waals surface area contributed by atoms with Crippen molar-refractivity contribution in [3.8, 4) is 0 Å². The molecule has 0 saturated heterocycles. The number of halogens is 3. The topological polar surface area (TPSA) is 0 Å². The zero-order valence-corrected chi connectivity index (χ0v) is 9.64. The Labute approximate surface area is 92.5 Å². The van der Waals surface area contributed by atoms with Crippen molar-refractivity contribution in [2.45, 2.75) is 5.33 Å². The van der Waals surface area contributed by atoms with Crippen molar-refractivity contribution in [2.75, 3.05) is 0 Å². The Kier molecular flexibility index (Phi) is 2.58. The van der Waals surface area contributed by atoms with Crippen molar-refractivity contribution in [3.05, 3.63) is 33.9 Å². The number of hydrogen-bond donors (Lipinski definition) is 0. The van der Waals surface area contributed by atoms with Gasteiger partial charge in [0.05, 0.1) is 0 Å². The van der Waals surface area contributed by atoms with E-state index in [1.807, 2.05) is 6.07 Å². The average Bonchev–Trinajstić information content (AvgIpc) is 2.42. The molecule has 0 aliphatic rings. The van der Waals surface area contributed by atoms with E-state index in [0.29, 0.717) is 10.4 Å². The van der Waals surface area contributed by atoms with Crippen LogP contribution in [0.5, 0.6) is 0 Å². The van der Waals surface area contributed by atoms with Gasteiger partial charge in [0.15, 0.2) is 5.13 Å². The summed E-state index contributed by atoms with van der Waals surface area (Å²) in [6, 6.07) is 5.25. The first-order valence-electron chi connectivity index (χ1n) is 3.64. The summed E-state index contributed by atoms with van der Waals surface area (Å²) in [5.74, 6) is 0. The van der Waals surface area contributed by atoms with E-state index in [1.165, 1.54) is 6.07 Å². The van der Waals surface area contributed by atoms with Gasteiger partial charge in [0, 0.05) is 15.1 Å². The van der Waals surface area contributed by atoms with Crippen LogP contribution in [-0.4, -0.2) is 0 Å². The van der Waals surface area contributed by atoms with E-state index in [9.17, 15) is 4.39 Å². The second-order valence-corrected chi connectivity index (χ2v) is 4.67. The van der Waals surface area contributed by atoms with Crippen molar-refractivity contribution < 1.29 is 4.39 Å². The van der Waals surface area contributed by atoms with Gasteiger partial charge in [-0.25, -0.2) is 0 Å². The van der Waals surface area contributed by atoms with E-state index < -0.39 is 0 Å². The minimum absolute atomic E-state index is 0.169.